The number of alkyl halides is 3. The van der Waals surface area contributed by atoms with E-state index in [1.54, 1.807) is 6.07 Å². The van der Waals surface area contributed by atoms with Crippen molar-refractivity contribution in [3.8, 4) is 5.75 Å². The summed E-state index contributed by atoms with van der Waals surface area (Å²) in [5, 5.41) is 6.38. The summed E-state index contributed by atoms with van der Waals surface area (Å²) in [6.45, 7) is 3.86. The fraction of sp³-hybridized carbons (Fsp3) is 0.455. The molecule has 2 N–H and O–H groups in total. The van der Waals surface area contributed by atoms with E-state index in [0.29, 0.717) is 18.7 Å². The van der Waals surface area contributed by atoms with Crippen molar-refractivity contribution >= 4 is 24.8 Å². The van der Waals surface area contributed by atoms with E-state index in [1.165, 1.54) is 13.2 Å². The quantitative estimate of drug-likeness (QED) is 0.439. The van der Waals surface area contributed by atoms with E-state index >= 15 is 0 Å². The van der Waals surface area contributed by atoms with Crippen molar-refractivity contribution in [3.05, 3.63) is 65.2 Å². The third-order valence-electron chi connectivity index (χ3n) is 4.61. The molecule has 4 nitrogen and oxygen atoms in total. The Morgan fingerprint density at radius 1 is 1.03 bits per heavy atom. The number of rotatable bonds is 11. The summed E-state index contributed by atoms with van der Waals surface area (Å²) in [7, 11) is 3.38. The van der Waals surface area contributed by atoms with Crippen molar-refractivity contribution in [3.63, 3.8) is 0 Å². The normalized spacial score (nSPS) is 13.0. The van der Waals surface area contributed by atoms with Gasteiger partial charge in [0.1, 0.15) is 12.4 Å². The lowest BCUT2D eigenvalue weighted by atomic mass is 10.0. The number of benzene rings is 2. The first-order valence-electron chi connectivity index (χ1n) is 9.63. The minimum Gasteiger partial charge on any atom is -0.492 e. The van der Waals surface area contributed by atoms with E-state index in [-0.39, 0.29) is 30.9 Å². The lowest BCUT2D eigenvalue weighted by Crippen LogP contribution is -2.32. The van der Waals surface area contributed by atoms with Crippen LogP contribution in [0, 0.1) is 0 Å². The van der Waals surface area contributed by atoms with Crippen LogP contribution >= 0.6 is 24.8 Å². The van der Waals surface area contributed by atoms with Gasteiger partial charge in [-0.2, -0.15) is 13.2 Å². The predicted molar refractivity (Wildman–Crippen MR) is 123 cm³/mol. The van der Waals surface area contributed by atoms with Crippen LogP contribution in [-0.4, -0.2) is 39.9 Å². The maximum atomic E-state index is 12.9. The largest absolute Gasteiger partial charge is 0.492 e. The molecule has 0 fully saturated rings. The highest BCUT2D eigenvalue weighted by molar-refractivity contribution is 5.85. The summed E-state index contributed by atoms with van der Waals surface area (Å²) in [6, 6.07) is 13.3. The molecule has 31 heavy (non-hydrogen) atoms. The highest BCUT2D eigenvalue weighted by atomic mass is 35.5. The molecule has 176 valence electrons. The third-order valence-corrected chi connectivity index (χ3v) is 4.61. The highest BCUT2D eigenvalue weighted by Crippen LogP contribution is 2.31. The molecule has 2 aromatic carbocycles. The lowest BCUT2D eigenvalue weighted by Gasteiger charge is -2.21. The van der Waals surface area contributed by atoms with Gasteiger partial charge in [0.25, 0.3) is 0 Å². The summed E-state index contributed by atoms with van der Waals surface area (Å²) >= 11 is 0. The van der Waals surface area contributed by atoms with Gasteiger partial charge < -0.3 is 20.1 Å². The molecule has 2 aromatic rings. The molecule has 0 aliphatic rings. The first-order valence-corrected chi connectivity index (χ1v) is 9.63. The van der Waals surface area contributed by atoms with E-state index < -0.39 is 17.8 Å². The number of methoxy groups -OCH3 is 1. The van der Waals surface area contributed by atoms with Crippen LogP contribution in [0.4, 0.5) is 13.2 Å². The number of ether oxygens (including phenoxy) is 2. The number of likely N-dealkylation sites (N-methyl/N-ethyl adjacent to an activating group) is 1. The first kappa shape index (κ1) is 29.5. The lowest BCUT2D eigenvalue weighted by molar-refractivity contribution is -0.137. The smallest absolute Gasteiger partial charge is 0.416 e. The molecular formula is C22H31Cl2F3N2O2. The standard InChI is InChI=1S/C22H29F3N2O2.2ClH/c1-16(13-17-7-9-20(10-8-17)29-12-11-26-2)27-15-21(28-3)18-5-4-6-19(14-18)22(23,24)25;;/h4-10,14,16,21,26-27H,11-13,15H2,1-3H3;2*1H. The molecule has 0 heterocycles. The van der Waals surface area contributed by atoms with Gasteiger partial charge in [-0.05, 0) is 55.8 Å². The van der Waals surface area contributed by atoms with Gasteiger partial charge in [0.2, 0.25) is 0 Å². The van der Waals surface area contributed by atoms with Crippen molar-refractivity contribution < 1.29 is 22.6 Å². The van der Waals surface area contributed by atoms with E-state index in [9.17, 15) is 13.2 Å². The maximum absolute atomic E-state index is 12.9. The Bertz CT molecular complexity index is 746. The van der Waals surface area contributed by atoms with Gasteiger partial charge in [-0.25, -0.2) is 0 Å². The average molecular weight is 483 g/mol. The van der Waals surface area contributed by atoms with Crippen molar-refractivity contribution in [1.82, 2.24) is 10.6 Å². The molecule has 0 saturated carbocycles. The molecule has 2 rings (SSSR count). The Kier molecular flexibility index (Phi) is 13.8. The minimum atomic E-state index is -4.36. The molecule has 0 bridgehead atoms. The molecule has 9 heteroatoms. The fourth-order valence-electron chi connectivity index (χ4n) is 2.98. The second kappa shape index (κ2) is 14.5. The molecule has 0 aliphatic heterocycles. The van der Waals surface area contributed by atoms with Crippen molar-refractivity contribution in [2.45, 2.75) is 31.7 Å². The zero-order valence-electron chi connectivity index (χ0n) is 17.9. The summed E-state index contributed by atoms with van der Waals surface area (Å²) in [6.07, 6.45) is -4.03. The molecular weight excluding hydrogens is 452 g/mol. The van der Waals surface area contributed by atoms with Crippen molar-refractivity contribution in [2.24, 2.45) is 0 Å². The zero-order valence-corrected chi connectivity index (χ0v) is 19.5. The van der Waals surface area contributed by atoms with Gasteiger partial charge in [-0.1, -0.05) is 24.3 Å². The molecule has 2 unspecified atom stereocenters. The Balaban J connectivity index is 0.00000450. The van der Waals surface area contributed by atoms with Crippen LogP contribution < -0.4 is 15.4 Å². The first-order chi connectivity index (χ1) is 13.8. The Morgan fingerprint density at radius 2 is 1.71 bits per heavy atom. The zero-order chi connectivity index (χ0) is 21.3. The molecule has 2 atom stereocenters. The maximum Gasteiger partial charge on any atom is 0.416 e. The van der Waals surface area contributed by atoms with Crippen LogP contribution in [0.25, 0.3) is 0 Å². The van der Waals surface area contributed by atoms with Crippen LogP contribution in [0.5, 0.6) is 5.75 Å². The van der Waals surface area contributed by atoms with E-state index in [4.69, 9.17) is 9.47 Å². The second-order valence-corrected chi connectivity index (χ2v) is 6.96. The van der Waals surface area contributed by atoms with Gasteiger partial charge in [0, 0.05) is 26.2 Å². The fourth-order valence-corrected chi connectivity index (χ4v) is 2.98. The average Bonchev–Trinajstić information content (AvgIpc) is 2.69. The van der Waals surface area contributed by atoms with Gasteiger partial charge in [0.15, 0.2) is 0 Å². The Hall–Kier alpha value is -1.51. The Labute approximate surface area is 194 Å². The summed E-state index contributed by atoms with van der Waals surface area (Å²) in [5.41, 5.74) is 0.992. The molecule has 0 saturated heterocycles. The second-order valence-electron chi connectivity index (χ2n) is 6.96. The molecule has 0 amide bonds. The number of halogens is 5. The topological polar surface area (TPSA) is 42.5 Å². The number of hydrogen-bond acceptors (Lipinski definition) is 4. The molecule has 0 spiro atoms. The van der Waals surface area contributed by atoms with Gasteiger partial charge >= 0.3 is 6.18 Å². The van der Waals surface area contributed by atoms with Gasteiger partial charge in [-0.15, -0.1) is 24.8 Å². The van der Waals surface area contributed by atoms with Crippen molar-refractivity contribution in [2.75, 3.05) is 33.9 Å². The van der Waals surface area contributed by atoms with Crippen LogP contribution in [-0.2, 0) is 17.3 Å². The van der Waals surface area contributed by atoms with E-state index in [2.05, 4.69) is 10.6 Å². The van der Waals surface area contributed by atoms with E-state index in [0.717, 1.165) is 36.4 Å². The third kappa shape index (κ3) is 10.1. The Morgan fingerprint density at radius 3 is 2.29 bits per heavy atom. The molecule has 0 radical (unpaired) electrons. The van der Waals surface area contributed by atoms with Crippen LogP contribution in [0.3, 0.4) is 0 Å². The summed E-state index contributed by atoms with van der Waals surface area (Å²) in [4.78, 5) is 0. The number of hydrogen-bond donors (Lipinski definition) is 2. The minimum absolute atomic E-state index is 0. The summed E-state index contributed by atoms with van der Waals surface area (Å²) < 4.78 is 49.8. The predicted octanol–water partition coefficient (Wildman–Crippen LogP) is 5.06. The molecule has 0 aromatic heterocycles. The monoisotopic (exact) mass is 482 g/mol. The summed E-state index contributed by atoms with van der Waals surface area (Å²) in [5.74, 6) is 0.827. The van der Waals surface area contributed by atoms with Gasteiger partial charge in [0.05, 0.1) is 11.7 Å². The number of nitrogens with one attached hydrogen (secondary N) is 2. The molecule has 0 aliphatic carbocycles. The van der Waals surface area contributed by atoms with E-state index in [1.807, 2.05) is 38.2 Å². The highest BCUT2D eigenvalue weighted by Gasteiger charge is 2.31. The van der Waals surface area contributed by atoms with Crippen LogP contribution in [0.15, 0.2) is 48.5 Å². The van der Waals surface area contributed by atoms with Crippen LogP contribution in [0.2, 0.25) is 0 Å². The SMILES string of the molecule is CNCCOc1ccc(CC(C)NCC(OC)c2cccc(C(F)(F)F)c2)cc1.Cl.Cl. The van der Waals surface area contributed by atoms with Gasteiger partial charge in [-0.3, -0.25) is 0 Å². The van der Waals surface area contributed by atoms with Crippen molar-refractivity contribution in [1.29, 1.82) is 0 Å². The van der Waals surface area contributed by atoms with Crippen LogP contribution in [0.1, 0.15) is 29.7 Å².